The van der Waals surface area contributed by atoms with Crippen molar-refractivity contribution in [3.8, 4) is 11.5 Å². The minimum Gasteiger partial charge on any atom is -0.508 e. The highest BCUT2D eigenvalue weighted by molar-refractivity contribution is 14.0. The van der Waals surface area contributed by atoms with Gasteiger partial charge < -0.3 is 20.1 Å². The standard InChI is InChI=1S/C21H29N3O2.HI/c1-4-22-21(23-15-5-6-17-7-11-19(25)12-8-17)24(2)16-18-9-13-20(26-3)14-10-18;/h7-14,25H,4-6,15-16H2,1-3H3,(H,22,23);1H. The Balaban J connectivity index is 0.00000364. The van der Waals surface area contributed by atoms with Crippen molar-refractivity contribution < 1.29 is 9.84 Å². The molecule has 0 fully saturated rings. The lowest BCUT2D eigenvalue weighted by atomic mass is 10.1. The summed E-state index contributed by atoms with van der Waals surface area (Å²) in [6.45, 7) is 4.46. The largest absolute Gasteiger partial charge is 0.508 e. The van der Waals surface area contributed by atoms with E-state index in [1.54, 1.807) is 19.2 Å². The average molecular weight is 483 g/mol. The van der Waals surface area contributed by atoms with Gasteiger partial charge >= 0.3 is 0 Å². The van der Waals surface area contributed by atoms with E-state index in [1.165, 1.54) is 11.1 Å². The van der Waals surface area contributed by atoms with E-state index in [9.17, 15) is 5.11 Å². The van der Waals surface area contributed by atoms with Crippen LogP contribution in [-0.4, -0.2) is 43.2 Å². The van der Waals surface area contributed by atoms with E-state index >= 15 is 0 Å². The topological polar surface area (TPSA) is 57.1 Å². The number of halogens is 1. The predicted molar refractivity (Wildman–Crippen MR) is 122 cm³/mol. The van der Waals surface area contributed by atoms with E-state index in [2.05, 4.69) is 29.3 Å². The van der Waals surface area contributed by atoms with Gasteiger partial charge in [-0.1, -0.05) is 24.3 Å². The molecule has 2 rings (SSSR count). The second kappa shape index (κ2) is 12.4. The fraction of sp³-hybridized carbons (Fsp3) is 0.381. The summed E-state index contributed by atoms with van der Waals surface area (Å²) < 4.78 is 5.21. The molecule has 0 unspecified atom stereocenters. The van der Waals surface area contributed by atoms with Gasteiger partial charge in [0.2, 0.25) is 0 Å². The average Bonchev–Trinajstić information content (AvgIpc) is 2.66. The lowest BCUT2D eigenvalue weighted by Gasteiger charge is -2.22. The Morgan fingerprint density at radius 1 is 1.07 bits per heavy atom. The third-order valence-corrected chi connectivity index (χ3v) is 4.10. The van der Waals surface area contributed by atoms with Crippen molar-refractivity contribution in [3.05, 3.63) is 59.7 Å². The molecular formula is C21H30IN3O2. The van der Waals surface area contributed by atoms with E-state index in [0.717, 1.165) is 44.2 Å². The number of phenolic OH excluding ortho intramolecular Hbond substituents is 1. The van der Waals surface area contributed by atoms with Crippen LogP contribution in [0, 0.1) is 0 Å². The molecule has 0 spiro atoms. The normalized spacial score (nSPS) is 10.9. The third kappa shape index (κ3) is 8.07. The summed E-state index contributed by atoms with van der Waals surface area (Å²) in [5.41, 5.74) is 2.43. The predicted octanol–water partition coefficient (Wildman–Crippen LogP) is 4.05. The third-order valence-electron chi connectivity index (χ3n) is 4.10. The molecule has 0 aliphatic rings. The summed E-state index contributed by atoms with van der Waals surface area (Å²) in [6.07, 6.45) is 1.92. The Bertz CT molecular complexity index is 688. The zero-order valence-corrected chi connectivity index (χ0v) is 18.6. The fourth-order valence-corrected chi connectivity index (χ4v) is 2.68. The number of aliphatic imine (C=N–C) groups is 1. The Kier molecular flexibility index (Phi) is 10.6. The number of aryl methyl sites for hydroxylation is 1. The molecule has 0 saturated heterocycles. The van der Waals surface area contributed by atoms with Crippen molar-refractivity contribution in [1.29, 1.82) is 0 Å². The Labute approximate surface area is 179 Å². The quantitative estimate of drug-likeness (QED) is 0.258. The molecule has 0 saturated carbocycles. The van der Waals surface area contributed by atoms with Crippen LogP contribution in [0.3, 0.4) is 0 Å². The molecule has 0 amide bonds. The van der Waals surface area contributed by atoms with Crippen molar-refractivity contribution in [3.63, 3.8) is 0 Å². The minimum absolute atomic E-state index is 0. The molecule has 0 aromatic heterocycles. The molecule has 2 aromatic carbocycles. The Hall–Kier alpha value is -1.96. The van der Waals surface area contributed by atoms with Crippen LogP contribution in [0.1, 0.15) is 24.5 Å². The van der Waals surface area contributed by atoms with Crippen LogP contribution in [0.15, 0.2) is 53.5 Å². The number of hydrogen-bond donors (Lipinski definition) is 2. The number of aromatic hydroxyl groups is 1. The molecule has 6 heteroatoms. The first-order chi connectivity index (χ1) is 12.6. The number of hydrogen-bond acceptors (Lipinski definition) is 3. The molecule has 5 nitrogen and oxygen atoms in total. The van der Waals surface area contributed by atoms with E-state index in [4.69, 9.17) is 9.73 Å². The maximum atomic E-state index is 9.33. The van der Waals surface area contributed by atoms with E-state index in [-0.39, 0.29) is 24.0 Å². The van der Waals surface area contributed by atoms with Crippen molar-refractivity contribution in [2.24, 2.45) is 4.99 Å². The smallest absolute Gasteiger partial charge is 0.193 e. The molecule has 0 aliphatic heterocycles. The van der Waals surface area contributed by atoms with Gasteiger partial charge in [0.1, 0.15) is 11.5 Å². The Morgan fingerprint density at radius 2 is 1.70 bits per heavy atom. The first kappa shape index (κ1) is 23.1. The van der Waals surface area contributed by atoms with Gasteiger partial charge in [0.05, 0.1) is 7.11 Å². The summed E-state index contributed by atoms with van der Waals surface area (Å²) >= 11 is 0. The molecule has 27 heavy (non-hydrogen) atoms. The first-order valence-electron chi connectivity index (χ1n) is 9.02. The number of benzene rings is 2. The molecule has 0 heterocycles. The SMILES string of the molecule is CCNC(=NCCCc1ccc(O)cc1)N(C)Cc1ccc(OC)cc1.I. The van der Waals surface area contributed by atoms with Crippen LogP contribution in [0.25, 0.3) is 0 Å². The number of ether oxygens (including phenoxy) is 1. The van der Waals surface area contributed by atoms with Crippen molar-refractivity contribution in [2.75, 3.05) is 27.2 Å². The van der Waals surface area contributed by atoms with Gasteiger partial charge in [0.25, 0.3) is 0 Å². The van der Waals surface area contributed by atoms with Gasteiger partial charge in [0, 0.05) is 26.7 Å². The zero-order chi connectivity index (χ0) is 18.8. The highest BCUT2D eigenvalue weighted by Gasteiger charge is 2.06. The monoisotopic (exact) mass is 483 g/mol. The first-order valence-corrected chi connectivity index (χ1v) is 9.02. The molecule has 0 bridgehead atoms. The van der Waals surface area contributed by atoms with E-state index < -0.39 is 0 Å². The molecule has 148 valence electrons. The van der Waals surface area contributed by atoms with Crippen LogP contribution in [-0.2, 0) is 13.0 Å². The highest BCUT2D eigenvalue weighted by Crippen LogP contribution is 2.13. The molecule has 0 atom stereocenters. The van der Waals surface area contributed by atoms with E-state index in [1.807, 2.05) is 31.3 Å². The lowest BCUT2D eigenvalue weighted by molar-refractivity contribution is 0.414. The van der Waals surface area contributed by atoms with Gasteiger partial charge in [-0.15, -0.1) is 24.0 Å². The van der Waals surface area contributed by atoms with Gasteiger partial charge in [0.15, 0.2) is 5.96 Å². The van der Waals surface area contributed by atoms with Crippen LogP contribution in [0.4, 0.5) is 0 Å². The number of nitrogens with zero attached hydrogens (tertiary/aromatic N) is 2. The maximum absolute atomic E-state index is 9.33. The minimum atomic E-state index is 0. The van der Waals surface area contributed by atoms with Gasteiger partial charge in [-0.3, -0.25) is 4.99 Å². The van der Waals surface area contributed by atoms with Gasteiger partial charge in [-0.25, -0.2) is 0 Å². The van der Waals surface area contributed by atoms with Crippen molar-refractivity contribution in [2.45, 2.75) is 26.3 Å². The number of guanidine groups is 1. The summed E-state index contributed by atoms with van der Waals surface area (Å²) in [4.78, 5) is 6.86. The van der Waals surface area contributed by atoms with Crippen molar-refractivity contribution >= 4 is 29.9 Å². The van der Waals surface area contributed by atoms with Crippen LogP contribution < -0.4 is 10.1 Å². The van der Waals surface area contributed by atoms with Gasteiger partial charge in [-0.2, -0.15) is 0 Å². The molecule has 0 aliphatic carbocycles. The highest BCUT2D eigenvalue weighted by atomic mass is 127. The summed E-state index contributed by atoms with van der Waals surface area (Å²) in [6, 6.07) is 15.5. The summed E-state index contributed by atoms with van der Waals surface area (Å²) in [7, 11) is 3.72. The molecule has 2 N–H and O–H groups in total. The number of phenols is 1. The van der Waals surface area contributed by atoms with Crippen LogP contribution in [0.5, 0.6) is 11.5 Å². The second-order valence-electron chi connectivity index (χ2n) is 6.21. The summed E-state index contributed by atoms with van der Waals surface area (Å²) in [5.74, 6) is 2.08. The molecule has 2 aromatic rings. The Morgan fingerprint density at radius 3 is 2.30 bits per heavy atom. The summed E-state index contributed by atoms with van der Waals surface area (Å²) in [5, 5.41) is 12.7. The molecular weight excluding hydrogens is 453 g/mol. The van der Waals surface area contributed by atoms with Crippen molar-refractivity contribution in [1.82, 2.24) is 10.2 Å². The van der Waals surface area contributed by atoms with Crippen LogP contribution >= 0.6 is 24.0 Å². The van der Waals surface area contributed by atoms with Gasteiger partial charge in [-0.05, 0) is 55.2 Å². The van der Waals surface area contributed by atoms with E-state index in [0.29, 0.717) is 5.75 Å². The second-order valence-corrected chi connectivity index (χ2v) is 6.21. The number of nitrogens with one attached hydrogen (secondary N) is 1. The zero-order valence-electron chi connectivity index (χ0n) is 16.3. The maximum Gasteiger partial charge on any atom is 0.193 e. The number of rotatable bonds is 8. The number of methoxy groups -OCH3 is 1. The lowest BCUT2D eigenvalue weighted by Crippen LogP contribution is -2.38. The molecule has 0 radical (unpaired) electrons. The fourth-order valence-electron chi connectivity index (χ4n) is 2.68. The van der Waals surface area contributed by atoms with Crippen LogP contribution in [0.2, 0.25) is 0 Å².